The van der Waals surface area contributed by atoms with Crippen molar-refractivity contribution >= 4 is 23.0 Å². The van der Waals surface area contributed by atoms with Crippen LogP contribution in [0.25, 0.3) is 11.1 Å². The Balaban J connectivity index is 1.27. The number of nitrogens with one attached hydrogen (secondary N) is 1. The zero-order valence-corrected chi connectivity index (χ0v) is 16.6. The molecule has 0 bridgehead atoms. The van der Waals surface area contributed by atoms with Crippen LogP contribution in [-0.4, -0.2) is 30.5 Å². The van der Waals surface area contributed by atoms with Crippen molar-refractivity contribution in [2.75, 3.05) is 24.5 Å². The summed E-state index contributed by atoms with van der Waals surface area (Å²) < 4.78 is 44.0. The van der Waals surface area contributed by atoms with Gasteiger partial charge in [-0.15, -0.1) is 0 Å². The van der Waals surface area contributed by atoms with Crippen LogP contribution in [-0.2, 0) is 11.0 Å². The first-order valence-corrected chi connectivity index (χ1v) is 9.94. The summed E-state index contributed by atoms with van der Waals surface area (Å²) in [4.78, 5) is 18.9. The van der Waals surface area contributed by atoms with Crippen LogP contribution in [0.4, 0.5) is 19.2 Å². The summed E-state index contributed by atoms with van der Waals surface area (Å²) in [5.41, 5.74) is 1.05. The van der Waals surface area contributed by atoms with Gasteiger partial charge >= 0.3 is 6.18 Å². The normalized spacial score (nSPS) is 14.9. The number of halogens is 3. The highest BCUT2D eigenvalue weighted by molar-refractivity contribution is 5.79. The largest absolute Gasteiger partial charge is 0.423 e. The molecule has 0 atom stereocenters. The van der Waals surface area contributed by atoms with Gasteiger partial charge in [0.2, 0.25) is 5.91 Å². The van der Waals surface area contributed by atoms with E-state index in [9.17, 15) is 18.0 Å². The Labute approximate surface area is 177 Å². The zero-order valence-electron chi connectivity index (χ0n) is 16.6. The van der Waals surface area contributed by atoms with Crippen molar-refractivity contribution in [2.45, 2.75) is 19.0 Å². The summed E-state index contributed by atoms with van der Waals surface area (Å²) >= 11 is 0. The molecule has 5 nitrogen and oxygen atoms in total. The van der Waals surface area contributed by atoms with Crippen LogP contribution in [0.5, 0.6) is 0 Å². The summed E-state index contributed by atoms with van der Waals surface area (Å²) in [6.07, 6.45) is -3.09. The highest BCUT2D eigenvalue weighted by Gasteiger charge is 2.30. The maximum atomic E-state index is 12.7. The Bertz CT molecular complexity index is 1100. The van der Waals surface area contributed by atoms with Gasteiger partial charge in [-0.1, -0.05) is 30.0 Å². The third-order valence-corrected chi connectivity index (χ3v) is 5.19. The predicted molar refractivity (Wildman–Crippen MR) is 110 cm³/mol. The lowest BCUT2D eigenvalue weighted by molar-refractivity contribution is -0.137. The van der Waals surface area contributed by atoms with Crippen molar-refractivity contribution in [3.05, 3.63) is 59.7 Å². The second-order valence-electron chi connectivity index (χ2n) is 7.32. The van der Waals surface area contributed by atoms with Gasteiger partial charge in [-0.05, 0) is 43.2 Å². The number of fused-ring (bicyclic) bond motifs is 1. The second kappa shape index (κ2) is 8.72. The maximum Gasteiger partial charge on any atom is 0.416 e. The molecule has 1 aromatic heterocycles. The van der Waals surface area contributed by atoms with Crippen LogP contribution in [0, 0.1) is 17.8 Å². The van der Waals surface area contributed by atoms with Crippen molar-refractivity contribution in [2.24, 2.45) is 5.92 Å². The average Bonchev–Trinajstić information content (AvgIpc) is 3.21. The third-order valence-electron chi connectivity index (χ3n) is 5.19. The van der Waals surface area contributed by atoms with Crippen LogP contribution in [0.1, 0.15) is 24.0 Å². The Morgan fingerprint density at radius 3 is 2.68 bits per heavy atom. The summed E-state index contributed by atoms with van der Waals surface area (Å²) in [6, 6.07) is 12.9. The standard InChI is InChI=1S/C23H20F3N3O2/c24-23(25,26)18-7-3-5-16(15-18)6-4-12-27-21(30)17-10-13-29(14-11-17)22-28-19-8-1-2-9-20(19)31-22/h1-3,5,7-9,15,17H,10-14H2,(H,27,30). The summed E-state index contributed by atoms with van der Waals surface area (Å²) in [6.45, 7) is 1.39. The fraction of sp³-hybridized carbons (Fsp3) is 0.304. The molecule has 1 aliphatic rings. The number of anilines is 1. The first kappa shape index (κ1) is 20.8. The van der Waals surface area contributed by atoms with E-state index >= 15 is 0 Å². The number of carbonyl (C=O) groups is 1. The highest BCUT2D eigenvalue weighted by atomic mass is 19.4. The molecule has 1 aliphatic heterocycles. The maximum absolute atomic E-state index is 12.7. The SMILES string of the molecule is O=C(NCC#Cc1cccc(C(F)(F)F)c1)C1CCN(c2nc3ccccc3o2)CC1. The number of rotatable bonds is 3. The minimum atomic E-state index is -4.40. The van der Waals surface area contributed by atoms with Gasteiger partial charge in [0, 0.05) is 24.6 Å². The second-order valence-corrected chi connectivity index (χ2v) is 7.32. The number of nitrogens with zero attached hydrogens (tertiary/aromatic N) is 2. The van der Waals surface area contributed by atoms with Crippen molar-refractivity contribution in [3.8, 4) is 11.8 Å². The molecule has 31 heavy (non-hydrogen) atoms. The van der Waals surface area contributed by atoms with Crippen molar-refractivity contribution < 1.29 is 22.4 Å². The fourth-order valence-corrected chi connectivity index (χ4v) is 3.52. The van der Waals surface area contributed by atoms with E-state index in [-0.39, 0.29) is 23.9 Å². The molecule has 2 heterocycles. The van der Waals surface area contributed by atoms with E-state index in [0.717, 1.165) is 23.2 Å². The predicted octanol–water partition coefficient (Wildman–Crippen LogP) is 4.23. The van der Waals surface area contributed by atoms with Crippen LogP contribution in [0.2, 0.25) is 0 Å². The van der Waals surface area contributed by atoms with Crippen molar-refractivity contribution in [1.82, 2.24) is 10.3 Å². The topological polar surface area (TPSA) is 58.4 Å². The van der Waals surface area contributed by atoms with E-state index in [1.54, 1.807) is 0 Å². The number of benzene rings is 2. The first-order valence-electron chi connectivity index (χ1n) is 9.94. The van der Waals surface area contributed by atoms with E-state index in [0.29, 0.717) is 31.9 Å². The monoisotopic (exact) mass is 427 g/mol. The Morgan fingerprint density at radius 1 is 1.16 bits per heavy atom. The van der Waals surface area contributed by atoms with Gasteiger partial charge in [0.1, 0.15) is 5.52 Å². The summed E-state index contributed by atoms with van der Waals surface area (Å²) in [5, 5.41) is 2.75. The zero-order chi connectivity index (χ0) is 21.8. The van der Waals surface area contributed by atoms with E-state index in [1.807, 2.05) is 29.2 Å². The van der Waals surface area contributed by atoms with Crippen molar-refractivity contribution in [1.29, 1.82) is 0 Å². The number of alkyl halides is 3. The molecule has 1 fully saturated rings. The first-order chi connectivity index (χ1) is 14.9. The van der Waals surface area contributed by atoms with Crippen LogP contribution in [0.15, 0.2) is 52.9 Å². The molecule has 4 rings (SSSR count). The lowest BCUT2D eigenvalue weighted by Gasteiger charge is -2.29. The Kier molecular flexibility index (Phi) is 5.85. The van der Waals surface area contributed by atoms with Gasteiger partial charge in [0.25, 0.3) is 6.01 Å². The number of para-hydroxylation sites is 2. The number of piperidine rings is 1. The van der Waals surface area contributed by atoms with E-state index in [2.05, 4.69) is 22.1 Å². The number of hydrogen-bond donors (Lipinski definition) is 1. The number of oxazole rings is 1. The molecule has 0 aliphatic carbocycles. The Hall–Kier alpha value is -3.47. The molecule has 1 amide bonds. The third kappa shape index (κ3) is 5.00. The van der Waals surface area contributed by atoms with Crippen molar-refractivity contribution in [3.63, 3.8) is 0 Å². The number of aromatic nitrogens is 1. The van der Waals surface area contributed by atoms with Crippen LogP contribution >= 0.6 is 0 Å². The Morgan fingerprint density at radius 2 is 1.94 bits per heavy atom. The minimum absolute atomic E-state index is 0.0838. The molecule has 0 saturated carbocycles. The molecule has 2 aromatic carbocycles. The molecule has 3 aromatic rings. The lowest BCUT2D eigenvalue weighted by atomic mass is 9.96. The smallest absolute Gasteiger partial charge is 0.416 e. The molecule has 1 saturated heterocycles. The number of carbonyl (C=O) groups excluding carboxylic acids is 1. The van der Waals surface area contributed by atoms with Gasteiger partial charge in [-0.2, -0.15) is 18.2 Å². The summed E-state index contributed by atoms with van der Waals surface area (Å²) in [7, 11) is 0. The minimum Gasteiger partial charge on any atom is -0.423 e. The number of amides is 1. The van der Waals surface area contributed by atoms with Gasteiger partial charge in [0.15, 0.2) is 5.58 Å². The molecular formula is C23H20F3N3O2. The fourth-order valence-electron chi connectivity index (χ4n) is 3.52. The highest BCUT2D eigenvalue weighted by Crippen LogP contribution is 2.29. The summed E-state index contributed by atoms with van der Waals surface area (Å²) in [5.74, 6) is 5.13. The molecule has 0 radical (unpaired) electrons. The molecular weight excluding hydrogens is 407 g/mol. The van der Waals surface area contributed by atoms with Gasteiger partial charge in [0.05, 0.1) is 12.1 Å². The van der Waals surface area contributed by atoms with E-state index < -0.39 is 11.7 Å². The molecule has 0 unspecified atom stereocenters. The van der Waals surface area contributed by atoms with Crippen LogP contribution in [0.3, 0.4) is 0 Å². The van der Waals surface area contributed by atoms with Gasteiger partial charge in [-0.3, -0.25) is 4.79 Å². The molecule has 8 heteroatoms. The molecule has 1 N–H and O–H groups in total. The van der Waals surface area contributed by atoms with Gasteiger partial charge < -0.3 is 14.6 Å². The van der Waals surface area contributed by atoms with E-state index in [1.165, 1.54) is 12.1 Å². The van der Waals surface area contributed by atoms with E-state index in [4.69, 9.17) is 4.42 Å². The molecule has 160 valence electrons. The van der Waals surface area contributed by atoms with Crippen LogP contribution < -0.4 is 10.2 Å². The van der Waals surface area contributed by atoms with Gasteiger partial charge in [-0.25, -0.2) is 0 Å². The lowest BCUT2D eigenvalue weighted by Crippen LogP contribution is -2.40. The molecule has 0 spiro atoms. The number of hydrogen-bond acceptors (Lipinski definition) is 4. The average molecular weight is 427 g/mol. The quantitative estimate of drug-likeness (QED) is 0.636.